The average Bonchev–Trinajstić information content (AvgIpc) is 2.74. The second kappa shape index (κ2) is 10.5. The number of benzene rings is 2. The van der Waals surface area contributed by atoms with E-state index in [4.69, 9.17) is 4.74 Å². The molecule has 0 saturated carbocycles. The van der Waals surface area contributed by atoms with E-state index in [1.54, 1.807) is 48.5 Å². The molecule has 2 aromatic rings. The fourth-order valence-electron chi connectivity index (χ4n) is 3.40. The summed E-state index contributed by atoms with van der Waals surface area (Å²) in [6.07, 6.45) is 4.03. The summed E-state index contributed by atoms with van der Waals surface area (Å²) in [5, 5.41) is 2.77. The quantitative estimate of drug-likeness (QED) is 0.590. The number of rotatable bonds is 9. The zero-order chi connectivity index (χ0) is 23.2. The lowest BCUT2D eigenvalue weighted by atomic mass is 10.1. The summed E-state index contributed by atoms with van der Waals surface area (Å²) in [4.78, 5) is 12.6. The first-order valence-corrected chi connectivity index (χ1v) is 13.9. The second-order valence-corrected chi connectivity index (χ2v) is 12.0. The van der Waals surface area contributed by atoms with Crippen LogP contribution >= 0.6 is 0 Å². The first-order valence-electron chi connectivity index (χ1n) is 10.4. The first kappa shape index (κ1) is 24.2. The molecule has 1 fully saturated rings. The van der Waals surface area contributed by atoms with Crippen molar-refractivity contribution in [3.8, 4) is 5.75 Å². The van der Waals surface area contributed by atoms with Crippen LogP contribution in [0.25, 0.3) is 0 Å². The molecule has 1 saturated heterocycles. The van der Waals surface area contributed by atoms with Gasteiger partial charge in [-0.3, -0.25) is 4.79 Å². The number of anilines is 1. The smallest absolute Gasteiger partial charge is 0.243 e. The summed E-state index contributed by atoms with van der Waals surface area (Å²) in [5.74, 6) is 0.108. The van der Waals surface area contributed by atoms with E-state index in [-0.39, 0.29) is 29.6 Å². The third-order valence-electron chi connectivity index (χ3n) is 5.08. The van der Waals surface area contributed by atoms with Crippen LogP contribution in [0, 0.1) is 0 Å². The summed E-state index contributed by atoms with van der Waals surface area (Å²) in [5.41, 5.74) is 1.22. The number of nitrogens with zero attached hydrogens (tertiary/aromatic N) is 1. The molecule has 174 valence electrons. The van der Waals surface area contributed by atoms with Crippen LogP contribution < -0.4 is 10.1 Å². The van der Waals surface area contributed by atoms with Gasteiger partial charge in [0.15, 0.2) is 9.84 Å². The van der Waals surface area contributed by atoms with Crippen molar-refractivity contribution in [1.82, 2.24) is 4.31 Å². The predicted octanol–water partition coefficient (Wildman–Crippen LogP) is 2.47. The highest BCUT2D eigenvalue weighted by atomic mass is 32.2. The van der Waals surface area contributed by atoms with Crippen molar-refractivity contribution in [2.75, 3.05) is 37.0 Å². The van der Waals surface area contributed by atoms with Crippen molar-refractivity contribution < 1.29 is 26.4 Å². The van der Waals surface area contributed by atoms with E-state index in [9.17, 15) is 21.6 Å². The molecule has 3 rings (SSSR count). The molecular formula is C22H28N2O6S2. The van der Waals surface area contributed by atoms with Gasteiger partial charge in [0.25, 0.3) is 0 Å². The van der Waals surface area contributed by atoms with Gasteiger partial charge in [-0.25, -0.2) is 16.8 Å². The molecule has 10 heteroatoms. The number of carbonyl (C=O) groups excluding carboxylic acids is 1. The van der Waals surface area contributed by atoms with Gasteiger partial charge in [-0.05, 0) is 42.7 Å². The number of nitrogens with one attached hydrogen (secondary N) is 1. The van der Waals surface area contributed by atoms with E-state index >= 15 is 0 Å². The van der Waals surface area contributed by atoms with Gasteiger partial charge < -0.3 is 10.1 Å². The average molecular weight is 481 g/mol. The normalized spacial score (nSPS) is 15.3. The molecule has 1 heterocycles. The van der Waals surface area contributed by atoms with Gasteiger partial charge in [-0.2, -0.15) is 4.31 Å². The number of amides is 1. The van der Waals surface area contributed by atoms with Crippen LogP contribution in [0.3, 0.4) is 0 Å². The molecule has 0 atom stereocenters. The lowest BCUT2D eigenvalue weighted by molar-refractivity contribution is -0.115. The van der Waals surface area contributed by atoms with Crippen LogP contribution in [0.15, 0.2) is 53.4 Å². The molecule has 0 spiro atoms. The number of ether oxygens (including phenoxy) is 1. The maximum atomic E-state index is 12.7. The summed E-state index contributed by atoms with van der Waals surface area (Å²) < 4.78 is 54.8. The molecule has 2 aromatic carbocycles. The molecule has 0 bridgehead atoms. The summed E-state index contributed by atoms with van der Waals surface area (Å²) >= 11 is 0. The molecule has 0 aliphatic carbocycles. The van der Waals surface area contributed by atoms with Crippen molar-refractivity contribution >= 4 is 31.5 Å². The van der Waals surface area contributed by atoms with E-state index in [1.165, 1.54) is 4.31 Å². The highest BCUT2D eigenvalue weighted by Crippen LogP contribution is 2.21. The Morgan fingerprint density at radius 2 is 1.69 bits per heavy atom. The zero-order valence-electron chi connectivity index (χ0n) is 18.0. The molecule has 0 unspecified atom stereocenters. The molecule has 1 N–H and O–H groups in total. The number of hydrogen-bond donors (Lipinski definition) is 1. The van der Waals surface area contributed by atoms with E-state index in [0.717, 1.165) is 25.5 Å². The third kappa shape index (κ3) is 7.04. The Balaban J connectivity index is 1.56. The van der Waals surface area contributed by atoms with Gasteiger partial charge in [0, 0.05) is 31.1 Å². The highest BCUT2D eigenvalue weighted by Gasteiger charge is 2.25. The van der Waals surface area contributed by atoms with Crippen molar-refractivity contribution in [2.24, 2.45) is 0 Å². The van der Waals surface area contributed by atoms with E-state index in [2.05, 4.69) is 5.32 Å². The molecule has 1 aliphatic rings. The van der Waals surface area contributed by atoms with Crippen molar-refractivity contribution in [1.29, 1.82) is 0 Å². The third-order valence-corrected chi connectivity index (χ3v) is 7.90. The van der Waals surface area contributed by atoms with Crippen molar-refractivity contribution in [3.63, 3.8) is 0 Å². The Hall–Kier alpha value is -2.43. The first-order chi connectivity index (χ1) is 15.1. The van der Waals surface area contributed by atoms with Gasteiger partial charge in [-0.15, -0.1) is 0 Å². The van der Waals surface area contributed by atoms with Crippen LogP contribution in [0.5, 0.6) is 5.75 Å². The van der Waals surface area contributed by atoms with Crippen LogP contribution in [-0.4, -0.2) is 58.8 Å². The van der Waals surface area contributed by atoms with Gasteiger partial charge >= 0.3 is 0 Å². The van der Waals surface area contributed by atoms with Crippen LogP contribution in [0.1, 0.15) is 24.8 Å². The Morgan fingerprint density at radius 3 is 2.34 bits per heavy atom. The lowest BCUT2D eigenvalue weighted by Crippen LogP contribution is -2.35. The van der Waals surface area contributed by atoms with E-state index < -0.39 is 19.9 Å². The molecule has 1 amide bonds. The predicted molar refractivity (Wildman–Crippen MR) is 123 cm³/mol. The molecule has 1 aliphatic heterocycles. The number of carbonyl (C=O) groups is 1. The summed E-state index contributed by atoms with van der Waals surface area (Å²) in [6.45, 7) is 1.12. The standard InChI is InChI=1S/C22H28N2O6S2/c1-31(26,27)15-14-30-20-7-5-6-19(17-20)23-22(25)16-18-8-10-21(11-9-18)32(28,29)24-12-3-2-4-13-24/h5-11,17H,2-4,12-16H2,1H3,(H,23,25). The molecule has 0 radical (unpaired) electrons. The minimum absolute atomic E-state index is 0.0307. The van der Waals surface area contributed by atoms with Gasteiger partial charge in [0.2, 0.25) is 15.9 Å². The van der Waals surface area contributed by atoms with E-state index in [0.29, 0.717) is 30.1 Å². The fourth-order valence-corrected chi connectivity index (χ4v) is 5.30. The van der Waals surface area contributed by atoms with Crippen LogP contribution in [0.4, 0.5) is 5.69 Å². The lowest BCUT2D eigenvalue weighted by Gasteiger charge is -2.25. The fraction of sp³-hybridized carbons (Fsp3) is 0.409. The van der Waals surface area contributed by atoms with Gasteiger partial charge in [0.1, 0.15) is 12.4 Å². The Bertz CT molecular complexity index is 1140. The van der Waals surface area contributed by atoms with Gasteiger partial charge in [-0.1, -0.05) is 24.6 Å². The minimum atomic E-state index is -3.50. The second-order valence-electron chi connectivity index (χ2n) is 7.84. The molecule has 32 heavy (non-hydrogen) atoms. The van der Waals surface area contributed by atoms with Crippen LogP contribution in [0.2, 0.25) is 0 Å². The number of sulfonamides is 1. The number of hydrogen-bond acceptors (Lipinski definition) is 6. The SMILES string of the molecule is CS(=O)(=O)CCOc1cccc(NC(=O)Cc2ccc(S(=O)(=O)N3CCCCC3)cc2)c1. The number of piperidine rings is 1. The summed E-state index contributed by atoms with van der Waals surface area (Å²) in [7, 11) is -6.61. The van der Waals surface area contributed by atoms with Crippen molar-refractivity contribution in [3.05, 3.63) is 54.1 Å². The molecular weight excluding hydrogens is 452 g/mol. The highest BCUT2D eigenvalue weighted by molar-refractivity contribution is 7.90. The molecule has 0 aromatic heterocycles. The Labute approximate surface area is 189 Å². The maximum Gasteiger partial charge on any atom is 0.243 e. The Kier molecular flexibility index (Phi) is 7.91. The number of sulfone groups is 1. The van der Waals surface area contributed by atoms with Crippen molar-refractivity contribution in [2.45, 2.75) is 30.6 Å². The maximum absolute atomic E-state index is 12.7. The Morgan fingerprint density at radius 1 is 1.00 bits per heavy atom. The van der Waals surface area contributed by atoms with Crippen LogP contribution in [-0.2, 0) is 31.1 Å². The zero-order valence-corrected chi connectivity index (χ0v) is 19.6. The topological polar surface area (TPSA) is 110 Å². The molecule has 8 nitrogen and oxygen atoms in total. The largest absolute Gasteiger partial charge is 0.492 e. The summed E-state index contributed by atoms with van der Waals surface area (Å²) in [6, 6.07) is 13.1. The minimum Gasteiger partial charge on any atom is -0.492 e. The monoisotopic (exact) mass is 480 g/mol. The van der Waals surface area contributed by atoms with Gasteiger partial charge in [0.05, 0.1) is 17.1 Å². The van der Waals surface area contributed by atoms with E-state index in [1.807, 2.05) is 0 Å².